The van der Waals surface area contributed by atoms with Crippen LogP contribution < -0.4 is 5.32 Å². The summed E-state index contributed by atoms with van der Waals surface area (Å²) in [4.78, 5) is 31.2. The molecule has 0 saturated heterocycles. The second-order valence-corrected chi connectivity index (χ2v) is 9.09. The van der Waals surface area contributed by atoms with Crippen molar-refractivity contribution in [3.8, 4) is 0 Å². The van der Waals surface area contributed by atoms with Crippen LogP contribution in [0.4, 0.5) is 0 Å². The number of dihydropyridines is 1. The van der Waals surface area contributed by atoms with E-state index in [-0.39, 0.29) is 34.7 Å². The zero-order chi connectivity index (χ0) is 25.8. The summed E-state index contributed by atoms with van der Waals surface area (Å²) < 4.78 is 12.8. The second-order valence-electron chi connectivity index (χ2n) is 8.37. The molecule has 2 aromatic carbocycles. The van der Waals surface area contributed by atoms with Crippen LogP contribution in [0.15, 0.2) is 83.2 Å². The summed E-state index contributed by atoms with van der Waals surface area (Å²) in [6.45, 7) is 3.63. The number of carbonyl (C=O) groups excluding carboxylic acids is 2. The third kappa shape index (κ3) is 5.32. The van der Waals surface area contributed by atoms with Crippen molar-refractivity contribution >= 4 is 35.1 Å². The molecule has 9 heteroatoms. The Bertz CT molecular complexity index is 1270. The third-order valence-corrected chi connectivity index (χ3v) is 6.70. The Morgan fingerprint density at radius 3 is 1.69 bits per heavy atom. The van der Waals surface area contributed by atoms with Crippen molar-refractivity contribution in [2.24, 2.45) is 7.05 Å². The summed E-state index contributed by atoms with van der Waals surface area (Å²) in [5, 5.41) is 3.39. The van der Waals surface area contributed by atoms with Gasteiger partial charge in [0, 0.05) is 18.4 Å². The number of nitrogens with one attached hydrogen (secondary N) is 1. The van der Waals surface area contributed by atoms with Crippen LogP contribution in [0.2, 0.25) is 10.3 Å². The highest BCUT2D eigenvalue weighted by molar-refractivity contribution is 6.40. The molecule has 0 aliphatic carbocycles. The average Bonchev–Trinajstić information content (AvgIpc) is 3.13. The van der Waals surface area contributed by atoms with Crippen molar-refractivity contribution in [3.05, 3.63) is 110 Å². The van der Waals surface area contributed by atoms with E-state index in [9.17, 15) is 9.59 Å². The molecular weight excluding hydrogens is 501 g/mol. The van der Waals surface area contributed by atoms with Crippen LogP contribution in [0.25, 0.3) is 0 Å². The van der Waals surface area contributed by atoms with Gasteiger partial charge in [0.25, 0.3) is 0 Å². The molecule has 0 amide bonds. The molecule has 0 spiro atoms. The molecule has 0 atom stereocenters. The number of carbonyl (C=O) groups is 2. The summed E-state index contributed by atoms with van der Waals surface area (Å²) in [5.41, 5.74) is 3.19. The lowest BCUT2D eigenvalue weighted by molar-refractivity contribution is -0.141. The normalized spacial score (nSPS) is 14.0. The number of esters is 2. The fourth-order valence-electron chi connectivity index (χ4n) is 4.11. The van der Waals surface area contributed by atoms with E-state index < -0.39 is 17.9 Å². The quantitative estimate of drug-likeness (QED) is 0.413. The highest BCUT2D eigenvalue weighted by Crippen LogP contribution is 2.40. The van der Waals surface area contributed by atoms with Gasteiger partial charge in [0.1, 0.15) is 24.2 Å². The molecule has 0 fully saturated rings. The van der Waals surface area contributed by atoms with Crippen LogP contribution in [-0.2, 0) is 39.3 Å². The van der Waals surface area contributed by atoms with E-state index in [0.29, 0.717) is 17.2 Å². The summed E-state index contributed by atoms with van der Waals surface area (Å²) in [6.07, 6.45) is 0. The second kappa shape index (κ2) is 11.0. The number of benzene rings is 2. The van der Waals surface area contributed by atoms with Gasteiger partial charge < -0.3 is 19.4 Å². The first-order valence-corrected chi connectivity index (χ1v) is 12.0. The van der Waals surface area contributed by atoms with Crippen molar-refractivity contribution in [2.45, 2.75) is 33.0 Å². The number of rotatable bonds is 7. The van der Waals surface area contributed by atoms with Crippen LogP contribution in [0.1, 0.15) is 36.7 Å². The Kier molecular flexibility index (Phi) is 7.82. The molecule has 0 unspecified atom stereocenters. The topological polar surface area (TPSA) is 82.5 Å². The summed E-state index contributed by atoms with van der Waals surface area (Å²) >= 11 is 12.5. The zero-order valence-corrected chi connectivity index (χ0v) is 21.6. The van der Waals surface area contributed by atoms with E-state index in [2.05, 4.69) is 10.3 Å². The molecule has 2 heterocycles. The fourth-order valence-corrected chi connectivity index (χ4v) is 4.46. The fraction of sp³-hybridized carbons (Fsp3) is 0.222. The number of halogens is 2. The molecule has 186 valence electrons. The minimum absolute atomic E-state index is 0.0667. The van der Waals surface area contributed by atoms with Gasteiger partial charge in [-0.1, -0.05) is 83.9 Å². The zero-order valence-electron chi connectivity index (χ0n) is 20.0. The van der Waals surface area contributed by atoms with Crippen LogP contribution in [0.3, 0.4) is 0 Å². The molecule has 1 aromatic heterocycles. The van der Waals surface area contributed by atoms with E-state index in [1.165, 1.54) is 0 Å². The third-order valence-electron chi connectivity index (χ3n) is 5.90. The van der Waals surface area contributed by atoms with Crippen LogP contribution in [-0.4, -0.2) is 21.5 Å². The minimum Gasteiger partial charge on any atom is -0.457 e. The van der Waals surface area contributed by atoms with Gasteiger partial charge in [0.05, 0.1) is 17.1 Å². The summed E-state index contributed by atoms with van der Waals surface area (Å²) in [7, 11) is 1.67. The van der Waals surface area contributed by atoms with Crippen molar-refractivity contribution in [1.29, 1.82) is 0 Å². The largest absolute Gasteiger partial charge is 0.457 e. The highest BCUT2D eigenvalue weighted by Gasteiger charge is 2.41. The van der Waals surface area contributed by atoms with Crippen molar-refractivity contribution in [1.82, 2.24) is 14.9 Å². The number of nitrogens with zero attached hydrogens (tertiary/aromatic N) is 2. The van der Waals surface area contributed by atoms with Gasteiger partial charge in [0.2, 0.25) is 0 Å². The molecule has 0 radical (unpaired) electrons. The van der Waals surface area contributed by atoms with Crippen molar-refractivity contribution in [2.75, 3.05) is 0 Å². The number of aromatic nitrogens is 2. The number of hydrogen-bond acceptors (Lipinski definition) is 6. The maximum absolute atomic E-state index is 13.4. The summed E-state index contributed by atoms with van der Waals surface area (Å²) in [6, 6.07) is 18.7. The van der Waals surface area contributed by atoms with E-state index >= 15 is 0 Å². The van der Waals surface area contributed by atoms with Crippen molar-refractivity contribution < 1.29 is 19.1 Å². The highest BCUT2D eigenvalue weighted by atomic mass is 35.5. The molecule has 0 bridgehead atoms. The first-order chi connectivity index (χ1) is 17.3. The minimum atomic E-state index is -0.909. The van der Waals surface area contributed by atoms with Crippen molar-refractivity contribution in [3.63, 3.8) is 0 Å². The SMILES string of the molecule is CC1=C(C(=O)OCc2ccccc2)C(c2nc(Cl)c(Cl)n2C)C(C(=O)OCc2ccccc2)=C(C)N1. The molecular formula is C27H25Cl2N3O4. The van der Waals surface area contributed by atoms with E-state index in [1.807, 2.05) is 60.7 Å². The first kappa shape index (κ1) is 25.5. The van der Waals surface area contributed by atoms with Gasteiger partial charge in [-0.25, -0.2) is 14.6 Å². The van der Waals surface area contributed by atoms with E-state index in [1.54, 1.807) is 25.5 Å². The Morgan fingerprint density at radius 1 is 0.861 bits per heavy atom. The molecule has 0 saturated carbocycles. The van der Waals surface area contributed by atoms with E-state index in [4.69, 9.17) is 32.7 Å². The monoisotopic (exact) mass is 525 g/mol. The van der Waals surface area contributed by atoms with E-state index in [0.717, 1.165) is 11.1 Å². The molecule has 1 aliphatic heterocycles. The Balaban J connectivity index is 1.70. The molecule has 3 aromatic rings. The smallest absolute Gasteiger partial charge is 0.337 e. The molecule has 36 heavy (non-hydrogen) atoms. The van der Waals surface area contributed by atoms with Crippen LogP contribution in [0.5, 0.6) is 0 Å². The average molecular weight is 526 g/mol. The predicted octanol–water partition coefficient (Wildman–Crippen LogP) is 5.45. The number of ether oxygens (including phenoxy) is 2. The standard InChI is InChI=1S/C27H25Cl2N3O4/c1-16-20(26(33)35-14-18-10-6-4-7-11-18)22(25-31-23(28)24(29)32(25)3)21(17(2)30-16)27(34)36-15-19-12-8-5-9-13-19/h4-13,22,30H,14-15H2,1-3H3. The lowest BCUT2D eigenvalue weighted by Gasteiger charge is -2.30. The molecule has 1 N–H and O–H groups in total. The Labute approximate surface area is 219 Å². The lowest BCUT2D eigenvalue weighted by Crippen LogP contribution is -2.33. The lowest BCUT2D eigenvalue weighted by atomic mass is 9.84. The van der Waals surface area contributed by atoms with Gasteiger partial charge in [0.15, 0.2) is 5.15 Å². The maximum Gasteiger partial charge on any atom is 0.337 e. The number of allylic oxidation sites excluding steroid dienone is 2. The molecule has 4 rings (SSSR count). The maximum atomic E-state index is 13.4. The van der Waals surface area contributed by atoms with Gasteiger partial charge in [-0.3, -0.25) is 0 Å². The number of imidazole rings is 1. The molecule has 7 nitrogen and oxygen atoms in total. The van der Waals surface area contributed by atoms with Crippen LogP contribution in [0, 0.1) is 0 Å². The predicted molar refractivity (Wildman–Crippen MR) is 137 cm³/mol. The van der Waals surface area contributed by atoms with Crippen LogP contribution >= 0.6 is 23.2 Å². The first-order valence-electron chi connectivity index (χ1n) is 11.3. The van der Waals surface area contributed by atoms with Gasteiger partial charge in [-0.2, -0.15) is 0 Å². The van der Waals surface area contributed by atoms with Gasteiger partial charge in [-0.05, 0) is 25.0 Å². The van der Waals surface area contributed by atoms with Gasteiger partial charge >= 0.3 is 11.9 Å². The number of hydrogen-bond donors (Lipinski definition) is 1. The Morgan fingerprint density at radius 2 is 1.31 bits per heavy atom. The Hall–Kier alpha value is -3.55. The molecule has 1 aliphatic rings. The van der Waals surface area contributed by atoms with Gasteiger partial charge in [-0.15, -0.1) is 0 Å². The summed E-state index contributed by atoms with van der Waals surface area (Å²) in [5.74, 6) is -1.77.